The molecule has 1 amide bonds. The predicted octanol–water partition coefficient (Wildman–Crippen LogP) is 2.48. The molecular formula is C15H24N2O3. The molecule has 1 aliphatic carbocycles. The second-order valence-corrected chi connectivity index (χ2v) is 5.82. The number of aliphatic hydroxyl groups is 1. The van der Waals surface area contributed by atoms with Gasteiger partial charge in [0, 0.05) is 25.1 Å². The van der Waals surface area contributed by atoms with Crippen molar-refractivity contribution in [2.75, 3.05) is 13.2 Å². The Hall–Kier alpha value is -1.36. The van der Waals surface area contributed by atoms with Crippen LogP contribution in [0.25, 0.3) is 0 Å². The van der Waals surface area contributed by atoms with E-state index in [1.54, 1.807) is 0 Å². The molecule has 1 saturated carbocycles. The molecule has 0 radical (unpaired) electrons. The van der Waals surface area contributed by atoms with Gasteiger partial charge in [-0.05, 0) is 32.6 Å². The molecule has 1 fully saturated rings. The first-order chi connectivity index (χ1) is 9.56. The van der Waals surface area contributed by atoms with Gasteiger partial charge in [-0.2, -0.15) is 0 Å². The monoisotopic (exact) mass is 280 g/mol. The lowest BCUT2D eigenvalue weighted by Gasteiger charge is -2.37. The third-order valence-electron chi connectivity index (χ3n) is 3.96. The van der Waals surface area contributed by atoms with E-state index in [9.17, 15) is 4.79 Å². The topological polar surface area (TPSA) is 66.6 Å². The summed E-state index contributed by atoms with van der Waals surface area (Å²) >= 11 is 0. The number of hydrogen-bond acceptors (Lipinski definition) is 4. The van der Waals surface area contributed by atoms with Gasteiger partial charge in [0.15, 0.2) is 5.76 Å². The summed E-state index contributed by atoms with van der Waals surface area (Å²) < 4.78 is 5.32. The first kappa shape index (κ1) is 15.0. The third kappa shape index (κ3) is 2.87. The summed E-state index contributed by atoms with van der Waals surface area (Å²) in [6.07, 6.45) is 3.90. The van der Waals surface area contributed by atoms with Crippen molar-refractivity contribution in [3.8, 4) is 0 Å². The number of aromatic nitrogens is 1. The lowest BCUT2D eigenvalue weighted by Crippen LogP contribution is -2.45. The Balaban J connectivity index is 2.24. The normalized spacial score (nSPS) is 15.4. The van der Waals surface area contributed by atoms with Crippen molar-refractivity contribution in [2.24, 2.45) is 0 Å². The first-order valence-electron chi connectivity index (χ1n) is 7.44. The molecule has 0 saturated heterocycles. The fourth-order valence-electron chi connectivity index (χ4n) is 2.57. The minimum Gasteiger partial charge on any atom is -0.396 e. The van der Waals surface area contributed by atoms with Crippen molar-refractivity contribution in [3.63, 3.8) is 0 Å². The van der Waals surface area contributed by atoms with Crippen LogP contribution in [-0.2, 0) is 0 Å². The summed E-state index contributed by atoms with van der Waals surface area (Å²) in [6, 6.07) is 0.309. The number of aryl methyl sites for hydroxylation is 1. The van der Waals surface area contributed by atoms with Crippen LogP contribution in [0.15, 0.2) is 4.52 Å². The Kier molecular flexibility index (Phi) is 4.81. The number of hydrogen-bond donors (Lipinski definition) is 1. The number of rotatable bonds is 6. The Bertz CT molecular complexity index is 464. The molecule has 0 aliphatic heterocycles. The van der Waals surface area contributed by atoms with Crippen molar-refractivity contribution in [1.82, 2.24) is 10.1 Å². The van der Waals surface area contributed by atoms with Crippen LogP contribution in [0.2, 0.25) is 0 Å². The smallest absolute Gasteiger partial charge is 0.259 e. The van der Waals surface area contributed by atoms with Gasteiger partial charge in [0.25, 0.3) is 5.91 Å². The number of nitrogens with zero attached hydrogens (tertiary/aromatic N) is 2. The summed E-state index contributed by atoms with van der Waals surface area (Å²) in [7, 11) is 0. The fourth-order valence-corrected chi connectivity index (χ4v) is 2.57. The van der Waals surface area contributed by atoms with Crippen molar-refractivity contribution >= 4 is 5.91 Å². The summed E-state index contributed by atoms with van der Waals surface area (Å²) in [4.78, 5) is 14.7. The highest BCUT2D eigenvalue weighted by Gasteiger charge is 2.33. The summed E-state index contributed by atoms with van der Waals surface area (Å²) in [5.41, 5.74) is 1.27. The van der Waals surface area contributed by atoms with E-state index in [2.05, 4.69) is 5.16 Å². The number of amides is 1. The van der Waals surface area contributed by atoms with Crippen molar-refractivity contribution in [2.45, 2.75) is 58.4 Å². The largest absolute Gasteiger partial charge is 0.396 e. The third-order valence-corrected chi connectivity index (χ3v) is 3.96. The van der Waals surface area contributed by atoms with Crippen LogP contribution in [0.5, 0.6) is 0 Å². The second kappa shape index (κ2) is 6.39. The molecule has 5 nitrogen and oxygen atoms in total. The molecule has 20 heavy (non-hydrogen) atoms. The molecule has 1 N–H and O–H groups in total. The lowest BCUT2D eigenvalue weighted by molar-refractivity contribution is 0.0559. The SMILES string of the molecule is Cc1noc(C(C)C)c1C(=O)N(CCCO)C1CCC1. The summed E-state index contributed by atoms with van der Waals surface area (Å²) in [6.45, 7) is 6.52. The molecule has 112 valence electrons. The van der Waals surface area contributed by atoms with Crippen LogP contribution in [0.1, 0.15) is 67.3 Å². The predicted molar refractivity (Wildman–Crippen MR) is 75.7 cm³/mol. The van der Waals surface area contributed by atoms with Gasteiger partial charge in [0.05, 0.1) is 5.69 Å². The molecule has 1 aliphatic rings. The average molecular weight is 280 g/mol. The standard InChI is InChI=1S/C15H24N2O3/c1-10(2)14-13(11(3)16-20-14)15(19)17(8-5-9-18)12-6-4-7-12/h10,12,18H,4-9H2,1-3H3. The van der Waals surface area contributed by atoms with Crippen molar-refractivity contribution in [1.29, 1.82) is 0 Å². The molecule has 1 aromatic rings. The maximum absolute atomic E-state index is 12.8. The number of carbonyl (C=O) groups excluding carboxylic acids is 1. The average Bonchev–Trinajstić information content (AvgIpc) is 2.73. The minimum atomic E-state index is 0.00519. The van der Waals surface area contributed by atoms with Crippen LogP contribution < -0.4 is 0 Å². The molecule has 5 heteroatoms. The Labute approximate surface area is 119 Å². The number of aliphatic hydroxyl groups excluding tert-OH is 1. The van der Waals surface area contributed by atoms with E-state index >= 15 is 0 Å². The van der Waals surface area contributed by atoms with E-state index in [1.807, 2.05) is 25.7 Å². The van der Waals surface area contributed by atoms with Gasteiger partial charge < -0.3 is 14.5 Å². The molecule has 0 spiro atoms. The van der Waals surface area contributed by atoms with Gasteiger partial charge in [-0.25, -0.2) is 0 Å². The van der Waals surface area contributed by atoms with Gasteiger partial charge >= 0.3 is 0 Å². The molecule has 2 rings (SSSR count). The Morgan fingerprint density at radius 2 is 2.20 bits per heavy atom. The van der Waals surface area contributed by atoms with Gasteiger partial charge in [-0.15, -0.1) is 0 Å². The van der Waals surface area contributed by atoms with Crippen LogP contribution in [0, 0.1) is 6.92 Å². The fraction of sp³-hybridized carbons (Fsp3) is 0.733. The van der Waals surface area contributed by atoms with Crippen molar-refractivity contribution in [3.05, 3.63) is 17.0 Å². The highest BCUT2D eigenvalue weighted by atomic mass is 16.5. The molecule has 0 unspecified atom stereocenters. The molecule has 1 heterocycles. The zero-order valence-corrected chi connectivity index (χ0v) is 12.6. The Morgan fingerprint density at radius 3 is 2.70 bits per heavy atom. The van der Waals surface area contributed by atoms with E-state index in [0.717, 1.165) is 12.8 Å². The summed E-state index contributed by atoms with van der Waals surface area (Å²) in [5, 5.41) is 13.0. The lowest BCUT2D eigenvalue weighted by atomic mass is 9.90. The van der Waals surface area contributed by atoms with Gasteiger partial charge in [0.1, 0.15) is 5.56 Å². The van der Waals surface area contributed by atoms with Crippen LogP contribution in [0.4, 0.5) is 0 Å². The quantitative estimate of drug-likeness (QED) is 0.869. The highest BCUT2D eigenvalue weighted by Crippen LogP contribution is 2.29. The zero-order chi connectivity index (χ0) is 14.7. The number of carbonyl (C=O) groups is 1. The van der Waals surface area contributed by atoms with E-state index in [1.165, 1.54) is 6.42 Å². The van der Waals surface area contributed by atoms with Crippen LogP contribution in [-0.4, -0.2) is 40.3 Å². The van der Waals surface area contributed by atoms with Gasteiger partial charge in [-0.3, -0.25) is 4.79 Å². The highest BCUT2D eigenvalue weighted by molar-refractivity contribution is 5.96. The second-order valence-electron chi connectivity index (χ2n) is 5.82. The van der Waals surface area contributed by atoms with Crippen LogP contribution in [0.3, 0.4) is 0 Å². The molecule has 1 aromatic heterocycles. The zero-order valence-electron chi connectivity index (χ0n) is 12.6. The van der Waals surface area contributed by atoms with E-state index in [-0.39, 0.29) is 18.4 Å². The van der Waals surface area contributed by atoms with E-state index < -0.39 is 0 Å². The first-order valence-corrected chi connectivity index (χ1v) is 7.44. The van der Waals surface area contributed by atoms with Crippen molar-refractivity contribution < 1.29 is 14.4 Å². The maximum Gasteiger partial charge on any atom is 0.259 e. The molecule has 0 bridgehead atoms. The molecule has 0 aromatic carbocycles. The van der Waals surface area contributed by atoms with Gasteiger partial charge in [-0.1, -0.05) is 19.0 Å². The minimum absolute atomic E-state index is 0.00519. The van der Waals surface area contributed by atoms with Crippen LogP contribution >= 0.6 is 0 Å². The maximum atomic E-state index is 12.8. The van der Waals surface area contributed by atoms with Gasteiger partial charge in [0.2, 0.25) is 0 Å². The summed E-state index contributed by atoms with van der Waals surface area (Å²) in [5.74, 6) is 0.808. The molecule has 0 atom stereocenters. The van der Waals surface area contributed by atoms with E-state index in [0.29, 0.717) is 36.0 Å². The Morgan fingerprint density at radius 1 is 1.50 bits per heavy atom. The van der Waals surface area contributed by atoms with E-state index in [4.69, 9.17) is 9.63 Å². The molecular weight excluding hydrogens is 256 g/mol.